The van der Waals surface area contributed by atoms with Gasteiger partial charge in [0.25, 0.3) is 0 Å². The van der Waals surface area contributed by atoms with E-state index in [2.05, 4.69) is 5.32 Å². The molecule has 0 aromatic heterocycles. The van der Waals surface area contributed by atoms with Gasteiger partial charge in [-0.2, -0.15) is 0 Å². The highest BCUT2D eigenvalue weighted by Gasteiger charge is 2.24. The number of rotatable bonds is 8. The average molecular weight is 247 g/mol. The van der Waals surface area contributed by atoms with Crippen LogP contribution in [0.25, 0.3) is 0 Å². The van der Waals surface area contributed by atoms with Gasteiger partial charge in [0, 0.05) is 33.8 Å². The molecule has 2 N–H and O–H groups in total. The Kier molecular flexibility index (Phi) is 6.67. The van der Waals surface area contributed by atoms with Gasteiger partial charge in [-0.15, -0.1) is 0 Å². The van der Waals surface area contributed by atoms with Crippen molar-refractivity contribution in [1.29, 1.82) is 0 Å². The molecule has 102 valence electrons. The topological polar surface area (TPSA) is 67.8 Å². The lowest BCUT2D eigenvalue weighted by molar-refractivity contribution is -0.127. The van der Waals surface area contributed by atoms with Crippen molar-refractivity contribution in [2.45, 2.75) is 44.8 Å². The van der Waals surface area contributed by atoms with E-state index < -0.39 is 11.2 Å². The second-order valence-corrected chi connectivity index (χ2v) is 5.16. The van der Waals surface area contributed by atoms with Gasteiger partial charge in [-0.25, -0.2) is 0 Å². The number of amides is 1. The Morgan fingerprint density at radius 1 is 1.29 bits per heavy atom. The quantitative estimate of drug-likeness (QED) is 0.662. The summed E-state index contributed by atoms with van der Waals surface area (Å²) >= 11 is 0. The van der Waals surface area contributed by atoms with Crippen molar-refractivity contribution in [2.24, 2.45) is 0 Å². The number of hydrogen-bond donors (Lipinski definition) is 2. The third kappa shape index (κ3) is 8.12. The molecule has 5 nitrogen and oxygen atoms in total. The molecule has 0 aromatic rings. The van der Waals surface area contributed by atoms with E-state index in [0.717, 1.165) is 0 Å². The van der Waals surface area contributed by atoms with E-state index >= 15 is 0 Å². The summed E-state index contributed by atoms with van der Waals surface area (Å²) in [6.07, 6.45) is 0.751. The van der Waals surface area contributed by atoms with Gasteiger partial charge in [0.1, 0.15) is 0 Å². The van der Waals surface area contributed by atoms with Crippen LogP contribution in [0.1, 0.15) is 33.6 Å². The van der Waals surface area contributed by atoms with Gasteiger partial charge in [-0.1, -0.05) is 0 Å². The Labute approximate surface area is 103 Å². The molecule has 0 aliphatic rings. The lowest BCUT2D eigenvalue weighted by Gasteiger charge is -2.26. The highest BCUT2D eigenvalue weighted by Crippen LogP contribution is 2.13. The number of aliphatic hydroxyl groups is 1. The van der Waals surface area contributed by atoms with E-state index in [4.69, 9.17) is 9.47 Å². The summed E-state index contributed by atoms with van der Waals surface area (Å²) in [4.78, 5) is 11.6. The van der Waals surface area contributed by atoms with Gasteiger partial charge < -0.3 is 19.9 Å². The van der Waals surface area contributed by atoms with Gasteiger partial charge in [-0.3, -0.25) is 4.79 Å². The van der Waals surface area contributed by atoms with Crippen LogP contribution in [0, 0.1) is 0 Å². The van der Waals surface area contributed by atoms with E-state index in [1.165, 1.54) is 0 Å². The minimum absolute atomic E-state index is 0.130. The van der Waals surface area contributed by atoms with Crippen molar-refractivity contribution in [2.75, 3.05) is 27.4 Å². The van der Waals surface area contributed by atoms with Gasteiger partial charge in [0.2, 0.25) is 5.91 Å². The van der Waals surface area contributed by atoms with Crippen LogP contribution in [0.15, 0.2) is 0 Å². The summed E-state index contributed by atoms with van der Waals surface area (Å²) < 4.78 is 10.1. The number of carbonyl (C=O) groups excluding carboxylic acids is 1. The highest BCUT2D eigenvalue weighted by molar-refractivity contribution is 5.77. The predicted octanol–water partition coefficient (Wildman–Crippen LogP) is 0.705. The van der Waals surface area contributed by atoms with E-state index in [1.807, 2.05) is 13.8 Å². The lowest BCUT2D eigenvalue weighted by atomic mass is 10.0. The van der Waals surface area contributed by atoms with Crippen molar-refractivity contribution in [3.63, 3.8) is 0 Å². The smallest absolute Gasteiger partial charge is 0.222 e. The van der Waals surface area contributed by atoms with E-state index in [9.17, 15) is 9.90 Å². The monoisotopic (exact) mass is 247 g/mol. The molecule has 1 amide bonds. The van der Waals surface area contributed by atoms with E-state index in [1.54, 1.807) is 21.1 Å². The zero-order valence-corrected chi connectivity index (χ0v) is 11.5. The number of hydrogen-bond acceptors (Lipinski definition) is 4. The Balaban J connectivity index is 3.98. The number of carbonyl (C=O) groups is 1. The molecule has 0 aliphatic heterocycles. The van der Waals surface area contributed by atoms with Crippen LogP contribution in [-0.4, -0.2) is 49.6 Å². The molecule has 17 heavy (non-hydrogen) atoms. The van der Waals surface area contributed by atoms with Crippen LogP contribution in [0.5, 0.6) is 0 Å². The predicted molar refractivity (Wildman–Crippen MR) is 65.8 cm³/mol. The fraction of sp³-hybridized carbons (Fsp3) is 0.917. The molecule has 1 atom stereocenters. The van der Waals surface area contributed by atoms with Gasteiger partial charge in [0.15, 0.2) is 0 Å². The summed E-state index contributed by atoms with van der Waals surface area (Å²) in [5.41, 5.74) is -1.43. The van der Waals surface area contributed by atoms with E-state index in [-0.39, 0.29) is 18.9 Å². The van der Waals surface area contributed by atoms with Crippen LogP contribution in [0.3, 0.4) is 0 Å². The SMILES string of the molecule is COCCC(C)(O)CNC(=O)CC(C)(C)OC. The highest BCUT2D eigenvalue weighted by atomic mass is 16.5. The maximum Gasteiger partial charge on any atom is 0.222 e. The lowest BCUT2D eigenvalue weighted by Crippen LogP contribution is -2.43. The maximum absolute atomic E-state index is 11.6. The van der Waals surface area contributed by atoms with Crippen molar-refractivity contribution in [3.8, 4) is 0 Å². The molecule has 0 bridgehead atoms. The van der Waals surface area contributed by atoms with Crippen molar-refractivity contribution in [1.82, 2.24) is 5.32 Å². The fourth-order valence-corrected chi connectivity index (χ4v) is 1.22. The number of methoxy groups -OCH3 is 2. The fourth-order valence-electron chi connectivity index (χ4n) is 1.22. The van der Waals surface area contributed by atoms with Gasteiger partial charge in [-0.05, 0) is 20.8 Å². The first-order valence-electron chi connectivity index (χ1n) is 5.75. The zero-order chi connectivity index (χ0) is 13.5. The van der Waals surface area contributed by atoms with Gasteiger partial charge in [0.05, 0.1) is 17.6 Å². The molecule has 0 rings (SSSR count). The average Bonchev–Trinajstić information content (AvgIpc) is 2.23. The Hall–Kier alpha value is -0.650. The summed E-state index contributed by atoms with van der Waals surface area (Å²) in [5.74, 6) is -0.130. The Morgan fingerprint density at radius 2 is 1.88 bits per heavy atom. The second kappa shape index (κ2) is 6.93. The summed E-state index contributed by atoms with van der Waals surface area (Å²) in [5, 5.41) is 12.6. The number of ether oxygens (including phenoxy) is 2. The second-order valence-electron chi connectivity index (χ2n) is 5.16. The first-order valence-corrected chi connectivity index (χ1v) is 5.75. The first-order chi connectivity index (χ1) is 7.72. The van der Waals surface area contributed by atoms with Crippen LogP contribution in [0.4, 0.5) is 0 Å². The summed E-state index contributed by atoms with van der Waals surface area (Å²) in [6, 6.07) is 0. The normalized spacial score (nSPS) is 15.4. The van der Waals surface area contributed by atoms with Crippen molar-refractivity contribution in [3.05, 3.63) is 0 Å². The summed E-state index contributed by atoms with van der Waals surface area (Å²) in [7, 11) is 3.15. The molecule has 0 fully saturated rings. The molecular formula is C12H25NO4. The first kappa shape index (κ1) is 16.4. The molecule has 0 aromatic carbocycles. The number of nitrogens with one attached hydrogen (secondary N) is 1. The van der Waals surface area contributed by atoms with Crippen molar-refractivity contribution < 1.29 is 19.4 Å². The minimum atomic E-state index is -0.942. The third-order valence-corrected chi connectivity index (χ3v) is 2.65. The zero-order valence-electron chi connectivity index (χ0n) is 11.5. The largest absolute Gasteiger partial charge is 0.388 e. The van der Waals surface area contributed by atoms with E-state index in [0.29, 0.717) is 13.0 Å². The van der Waals surface area contributed by atoms with Crippen LogP contribution >= 0.6 is 0 Å². The Morgan fingerprint density at radius 3 is 2.35 bits per heavy atom. The summed E-state index contributed by atoms with van der Waals surface area (Å²) in [6.45, 7) is 6.04. The molecule has 0 spiro atoms. The third-order valence-electron chi connectivity index (χ3n) is 2.65. The molecule has 0 saturated carbocycles. The van der Waals surface area contributed by atoms with Gasteiger partial charge >= 0.3 is 0 Å². The van der Waals surface area contributed by atoms with Crippen LogP contribution < -0.4 is 5.32 Å². The van der Waals surface area contributed by atoms with Crippen LogP contribution in [0.2, 0.25) is 0 Å². The minimum Gasteiger partial charge on any atom is -0.388 e. The molecule has 5 heteroatoms. The maximum atomic E-state index is 11.6. The standard InChI is InChI=1S/C12H25NO4/c1-11(2,17-5)8-10(14)13-9-12(3,15)6-7-16-4/h15H,6-9H2,1-5H3,(H,13,14). The molecular weight excluding hydrogens is 222 g/mol. The molecule has 0 radical (unpaired) electrons. The molecule has 0 saturated heterocycles. The Bertz CT molecular complexity index is 239. The molecule has 0 heterocycles. The van der Waals surface area contributed by atoms with Crippen LogP contribution in [-0.2, 0) is 14.3 Å². The van der Waals surface area contributed by atoms with Crippen molar-refractivity contribution >= 4 is 5.91 Å². The molecule has 0 aliphatic carbocycles. The molecule has 1 unspecified atom stereocenters.